The first kappa shape index (κ1) is 18.1. The average molecular weight is 381 g/mol. The maximum Gasteiger partial charge on any atom is 0.255 e. The van der Waals surface area contributed by atoms with Gasteiger partial charge in [-0.2, -0.15) is 10.2 Å². The normalized spacial score (nSPS) is 10.3. The Morgan fingerprint density at radius 3 is 2.55 bits per heavy atom. The lowest BCUT2D eigenvalue weighted by Gasteiger charge is -2.10. The molecule has 0 unspecified atom stereocenters. The Kier molecular flexibility index (Phi) is 5.08. The van der Waals surface area contributed by atoms with E-state index in [0.717, 1.165) is 11.1 Å². The Labute approximate surface area is 166 Å². The third-order valence-electron chi connectivity index (χ3n) is 4.29. The second kappa shape index (κ2) is 8.15. The lowest BCUT2D eigenvalue weighted by atomic mass is 10.1. The lowest BCUT2D eigenvalue weighted by molar-refractivity contribution is 0.102. The fourth-order valence-electron chi connectivity index (χ4n) is 2.79. The maximum atomic E-state index is 12.6. The Hall–Kier alpha value is -4.31. The second-order valence-corrected chi connectivity index (χ2v) is 6.22. The first-order chi connectivity index (χ1) is 14.2. The van der Waals surface area contributed by atoms with Gasteiger partial charge in [-0.05, 0) is 48.0 Å². The summed E-state index contributed by atoms with van der Waals surface area (Å²) in [6, 6.07) is 19.5. The predicted molar refractivity (Wildman–Crippen MR) is 106 cm³/mol. The summed E-state index contributed by atoms with van der Waals surface area (Å²) in [5, 5.41) is 15.8. The molecule has 2 aromatic heterocycles. The SMILES string of the molecule is N#Cc1ccc(C(=O)Nc2ccccc2Cc2nc(-c3ccncc3)no2)cc1. The van der Waals surface area contributed by atoms with Gasteiger partial charge in [-0.3, -0.25) is 9.78 Å². The van der Waals surface area contributed by atoms with Crippen LogP contribution in [0.15, 0.2) is 77.6 Å². The predicted octanol–water partition coefficient (Wildman–Crippen LogP) is 3.85. The van der Waals surface area contributed by atoms with Crippen molar-refractivity contribution < 1.29 is 9.32 Å². The highest BCUT2D eigenvalue weighted by molar-refractivity contribution is 6.04. The summed E-state index contributed by atoms with van der Waals surface area (Å²) in [6.07, 6.45) is 3.71. The van der Waals surface area contributed by atoms with E-state index >= 15 is 0 Å². The van der Waals surface area contributed by atoms with Crippen molar-refractivity contribution in [3.8, 4) is 17.5 Å². The fraction of sp³-hybridized carbons (Fsp3) is 0.0455. The number of hydrogen-bond donors (Lipinski definition) is 1. The molecule has 2 aromatic carbocycles. The van der Waals surface area contributed by atoms with Crippen LogP contribution in [0, 0.1) is 11.3 Å². The summed E-state index contributed by atoms with van der Waals surface area (Å²) in [7, 11) is 0. The topological polar surface area (TPSA) is 105 Å². The van der Waals surface area contributed by atoms with E-state index in [2.05, 4.69) is 20.4 Å². The molecule has 0 saturated carbocycles. The number of nitrogens with one attached hydrogen (secondary N) is 1. The molecule has 0 saturated heterocycles. The van der Waals surface area contributed by atoms with Crippen LogP contribution in [0.1, 0.15) is 27.4 Å². The molecule has 0 fully saturated rings. The minimum Gasteiger partial charge on any atom is -0.339 e. The molecular formula is C22H15N5O2. The first-order valence-corrected chi connectivity index (χ1v) is 8.85. The van der Waals surface area contributed by atoms with Crippen LogP contribution in [0.2, 0.25) is 0 Å². The van der Waals surface area contributed by atoms with Gasteiger partial charge >= 0.3 is 0 Å². The Morgan fingerprint density at radius 2 is 1.79 bits per heavy atom. The highest BCUT2D eigenvalue weighted by Crippen LogP contribution is 2.21. The van der Waals surface area contributed by atoms with E-state index in [9.17, 15) is 4.79 Å². The highest BCUT2D eigenvalue weighted by Gasteiger charge is 2.13. The summed E-state index contributed by atoms with van der Waals surface area (Å²) in [5.41, 5.74) is 3.29. The molecule has 1 N–H and O–H groups in total. The van der Waals surface area contributed by atoms with Crippen LogP contribution < -0.4 is 5.32 Å². The fourth-order valence-corrected chi connectivity index (χ4v) is 2.79. The van der Waals surface area contributed by atoms with Gasteiger partial charge in [-0.1, -0.05) is 23.4 Å². The van der Waals surface area contributed by atoms with Gasteiger partial charge in [-0.15, -0.1) is 0 Å². The molecule has 4 aromatic rings. The number of benzene rings is 2. The van der Waals surface area contributed by atoms with Crippen LogP contribution in [-0.4, -0.2) is 21.0 Å². The van der Waals surface area contributed by atoms with Crippen molar-refractivity contribution in [1.82, 2.24) is 15.1 Å². The van der Waals surface area contributed by atoms with Crippen molar-refractivity contribution in [2.75, 3.05) is 5.32 Å². The van der Waals surface area contributed by atoms with E-state index < -0.39 is 0 Å². The van der Waals surface area contributed by atoms with Crippen LogP contribution in [0.4, 0.5) is 5.69 Å². The molecule has 7 nitrogen and oxygen atoms in total. The smallest absolute Gasteiger partial charge is 0.255 e. The number of para-hydroxylation sites is 1. The van der Waals surface area contributed by atoms with Crippen LogP contribution in [0.5, 0.6) is 0 Å². The monoisotopic (exact) mass is 381 g/mol. The number of nitriles is 1. The van der Waals surface area contributed by atoms with Crippen LogP contribution in [0.3, 0.4) is 0 Å². The standard InChI is InChI=1S/C22H15N5O2/c23-14-15-5-7-17(8-6-15)22(28)25-19-4-2-1-3-18(19)13-20-26-21(27-29-20)16-9-11-24-12-10-16/h1-12H,13H2,(H,25,28). The summed E-state index contributed by atoms with van der Waals surface area (Å²) in [4.78, 5) is 21.0. The molecule has 2 heterocycles. The molecule has 1 amide bonds. The molecule has 0 radical (unpaired) electrons. The number of rotatable bonds is 5. The van der Waals surface area contributed by atoms with E-state index in [1.54, 1.807) is 48.8 Å². The van der Waals surface area contributed by atoms with Gasteiger partial charge in [0.2, 0.25) is 11.7 Å². The number of carbonyl (C=O) groups excluding carboxylic acids is 1. The second-order valence-electron chi connectivity index (χ2n) is 6.22. The number of pyridine rings is 1. The minimum absolute atomic E-state index is 0.259. The number of carbonyl (C=O) groups is 1. The average Bonchev–Trinajstić information content (AvgIpc) is 3.24. The third kappa shape index (κ3) is 4.17. The number of anilines is 1. The quantitative estimate of drug-likeness (QED) is 0.563. The van der Waals surface area contributed by atoms with E-state index in [1.165, 1.54) is 0 Å². The maximum absolute atomic E-state index is 12.6. The Balaban J connectivity index is 1.52. The van der Waals surface area contributed by atoms with Gasteiger partial charge in [0.25, 0.3) is 5.91 Å². The van der Waals surface area contributed by atoms with Crippen molar-refractivity contribution >= 4 is 11.6 Å². The zero-order valence-corrected chi connectivity index (χ0v) is 15.2. The van der Waals surface area contributed by atoms with E-state index in [0.29, 0.717) is 35.0 Å². The van der Waals surface area contributed by atoms with Gasteiger partial charge in [0.15, 0.2) is 0 Å². The zero-order valence-electron chi connectivity index (χ0n) is 15.2. The molecule has 7 heteroatoms. The van der Waals surface area contributed by atoms with Crippen molar-refractivity contribution in [3.05, 3.63) is 95.6 Å². The van der Waals surface area contributed by atoms with E-state index in [-0.39, 0.29) is 5.91 Å². The van der Waals surface area contributed by atoms with Crippen LogP contribution >= 0.6 is 0 Å². The molecule has 0 aliphatic carbocycles. The third-order valence-corrected chi connectivity index (χ3v) is 4.29. The van der Waals surface area contributed by atoms with Crippen molar-refractivity contribution in [2.45, 2.75) is 6.42 Å². The zero-order chi connectivity index (χ0) is 20.1. The van der Waals surface area contributed by atoms with Gasteiger partial charge in [0, 0.05) is 29.2 Å². The highest BCUT2D eigenvalue weighted by atomic mass is 16.5. The molecule has 0 spiro atoms. The van der Waals surface area contributed by atoms with Crippen molar-refractivity contribution in [3.63, 3.8) is 0 Å². The lowest BCUT2D eigenvalue weighted by Crippen LogP contribution is -2.13. The minimum atomic E-state index is -0.259. The van der Waals surface area contributed by atoms with Gasteiger partial charge in [-0.25, -0.2) is 0 Å². The molecule has 140 valence electrons. The summed E-state index contributed by atoms with van der Waals surface area (Å²) in [5.74, 6) is 0.670. The van der Waals surface area contributed by atoms with Gasteiger partial charge in [0.05, 0.1) is 18.1 Å². The summed E-state index contributed by atoms with van der Waals surface area (Å²) >= 11 is 0. The van der Waals surface area contributed by atoms with Gasteiger partial charge < -0.3 is 9.84 Å². The first-order valence-electron chi connectivity index (χ1n) is 8.85. The largest absolute Gasteiger partial charge is 0.339 e. The Bertz CT molecular complexity index is 1180. The molecule has 29 heavy (non-hydrogen) atoms. The van der Waals surface area contributed by atoms with Crippen LogP contribution in [-0.2, 0) is 6.42 Å². The molecule has 0 atom stereocenters. The molecule has 0 aliphatic heterocycles. The molecular weight excluding hydrogens is 366 g/mol. The number of amides is 1. The molecule has 4 rings (SSSR count). The van der Waals surface area contributed by atoms with Crippen LogP contribution in [0.25, 0.3) is 11.4 Å². The van der Waals surface area contributed by atoms with Crippen molar-refractivity contribution in [2.24, 2.45) is 0 Å². The van der Waals surface area contributed by atoms with Gasteiger partial charge in [0.1, 0.15) is 0 Å². The van der Waals surface area contributed by atoms with Crippen molar-refractivity contribution in [1.29, 1.82) is 5.26 Å². The summed E-state index contributed by atoms with van der Waals surface area (Å²) < 4.78 is 5.37. The molecule has 0 aliphatic rings. The van der Waals surface area contributed by atoms with E-state index in [4.69, 9.17) is 9.78 Å². The molecule has 0 bridgehead atoms. The number of hydrogen-bond acceptors (Lipinski definition) is 6. The number of nitrogens with zero attached hydrogens (tertiary/aromatic N) is 4. The Morgan fingerprint density at radius 1 is 1.03 bits per heavy atom. The van der Waals surface area contributed by atoms with E-state index in [1.807, 2.05) is 30.3 Å². The number of aromatic nitrogens is 3. The summed E-state index contributed by atoms with van der Waals surface area (Å²) in [6.45, 7) is 0.